The Morgan fingerprint density at radius 3 is 1.65 bits per heavy atom. The van der Waals surface area contributed by atoms with Crippen LogP contribution in [0.2, 0.25) is 0 Å². The van der Waals surface area contributed by atoms with E-state index in [4.69, 9.17) is 31.4 Å². The van der Waals surface area contributed by atoms with Crippen molar-refractivity contribution in [3.63, 3.8) is 0 Å². The number of nitrogens with one attached hydrogen (secondary N) is 3. The van der Waals surface area contributed by atoms with Crippen molar-refractivity contribution in [3.05, 3.63) is 72.8 Å². The van der Waals surface area contributed by atoms with Gasteiger partial charge in [0.05, 0.1) is 13.2 Å². The second-order valence-corrected chi connectivity index (χ2v) is 17.6. The lowest BCUT2D eigenvalue weighted by Crippen LogP contribution is -2.56. The van der Waals surface area contributed by atoms with E-state index in [9.17, 15) is 19.2 Å². The lowest BCUT2D eigenvalue weighted by atomic mass is 9.92. The molecule has 0 radical (unpaired) electrons. The van der Waals surface area contributed by atoms with E-state index in [1.165, 1.54) is 0 Å². The molecular weight excluding hydrogens is 881 g/mol. The van der Waals surface area contributed by atoms with Crippen LogP contribution in [0.3, 0.4) is 0 Å². The first kappa shape index (κ1) is 56.8. The lowest BCUT2D eigenvalue weighted by Gasteiger charge is -2.26. The van der Waals surface area contributed by atoms with Crippen molar-refractivity contribution in [3.8, 4) is 22.6 Å². The second-order valence-electron chi connectivity index (χ2n) is 17.6. The number of ether oxygens (including phenoxy) is 3. The van der Waals surface area contributed by atoms with Crippen molar-refractivity contribution < 1.29 is 33.4 Å². The Morgan fingerprint density at radius 2 is 1.11 bits per heavy atom. The molecule has 0 spiro atoms. The number of nitrogens with two attached hydrogens (primary N) is 3. The smallest absolute Gasteiger partial charge is 0.328 e. The molecule has 0 heterocycles. The third kappa shape index (κ3) is 18.2. The number of amides is 3. The van der Waals surface area contributed by atoms with Crippen molar-refractivity contribution in [2.75, 3.05) is 32.9 Å². The molecule has 4 aromatic carbocycles. The number of esters is 1. The number of carbonyl (C=O) groups is 4. The highest BCUT2D eigenvalue weighted by atomic mass is 35.5. The highest BCUT2D eigenvalue weighted by Crippen LogP contribution is 2.45. The summed E-state index contributed by atoms with van der Waals surface area (Å²) in [5.74, 6) is -0.281. The summed E-state index contributed by atoms with van der Waals surface area (Å²) in [6.07, 6.45) is 3.79. The fourth-order valence-electron chi connectivity index (χ4n) is 7.30. The number of unbranched alkanes of at least 4 members (excludes halogenated alkanes) is 1. The summed E-state index contributed by atoms with van der Waals surface area (Å²) in [5, 5.41) is 12.5. The summed E-state index contributed by atoms with van der Waals surface area (Å²) < 4.78 is 18.4. The van der Waals surface area contributed by atoms with Crippen LogP contribution in [0.15, 0.2) is 77.8 Å². The normalized spacial score (nSPS) is 12.4. The minimum atomic E-state index is -1.08. The van der Waals surface area contributed by atoms with E-state index in [0.717, 1.165) is 39.1 Å². The minimum Gasteiger partial charge on any atom is -0.493 e. The number of fused-ring (bicyclic) bond motifs is 2. The number of benzene rings is 4. The van der Waals surface area contributed by atoms with Crippen LogP contribution in [-0.4, -0.2) is 80.7 Å². The number of aliphatic imine (C=N–C) groups is 1. The van der Waals surface area contributed by atoms with Gasteiger partial charge in [0.15, 0.2) is 12.6 Å². The molecule has 0 aliphatic carbocycles. The summed E-state index contributed by atoms with van der Waals surface area (Å²) in [5.41, 5.74) is 18.5. The van der Waals surface area contributed by atoms with Crippen LogP contribution in [0.4, 0.5) is 0 Å². The van der Waals surface area contributed by atoms with Gasteiger partial charge in [-0.2, -0.15) is 0 Å². The summed E-state index contributed by atoms with van der Waals surface area (Å²) in [6.45, 7) is 13.2. The molecule has 0 unspecified atom stereocenters. The van der Waals surface area contributed by atoms with E-state index in [2.05, 4.69) is 46.9 Å². The molecule has 9 N–H and O–H groups in total. The van der Waals surface area contributed by atoms with Gasteiger partial charge in [-0.25, -0.2) is 4.79 Å². The summed E-state index contributed by atoms with van der Waals surface area (Å²) in [7, 11) is 0. The zero-order chi connectivity index (χ0) is 46.6. The van der Waals surface area contributed by atoms with Crippen LogP contribution in [0.25, 0.3) is 32.7 Å². The van der Waals surface area contributed by atoms with Crippen molar-refractivity contribution in [1.82, 2.24) is 16.0 Å². The molecule has 66 heavy (non-hydrogen) atoms. The Morgan fingerprint density at radius 1 is 0.591 bits per heavy atom. The van der Waals surface area contributed by atoms with Gasteiger partial charge >= 0.3 is 5.97 Å². The Bertz CT molecular complexity index is 2180. The largest absolute Gasteiger partial charge is 0.493 e. The first-order chi connectivity index (χ1) is 30.7. The van der Waals surface area contributed by atoms with Crippen LogP contribution < -0.4 is 42.6 Å². The van der Waals surface area contributed by atoms with Crippen LogP contribution in [0.5, 0.6) is 11.5 Å². The van der Waals surface area contributed by atoms with Gasteiger partial charge in [-0.1, -0.05) is 102 Å². The molecule has 0 fully saturated rings. The average molecular weight is 955 g/mol. The highest BCUT2D eigenvalue weighted by Gasteiger charge is 2.31. The fourth-order valence-corrected chi connectivity index (χ4v) is 7.30. The lowest BCUT2D eigenvalue weighted by molar-refractivity contribution is -0.149. The molecule has 4 rings (SSSR count). The van der Waals surface area contributed by atoms with Gasteiger partial charge in [-0.3, -0.25) is 19.4 Å². The van der Waals surface area contributed by atoms with Gasteiger partial charge in [-0.05, 0) is 109 Å². The summed E-state index contributed by atoms with van der Waals surface area (Å²) in [6, 6.07) is 20.9. The topological polar surface area (TPSA) is 222 Å². The molecule has 364 valence electrons. The quantitative estimate of drug-likeness (QED) is 0.0149. The number of carbonyl (C=O) groups excluding carboxylic acids is 4. The standard InChI is InChI=1S/C50H71N7O7.2ClH/c1-32(2)24-28-62-42-22-20-35-14-7-9-16-37(35)45(42)46-38-17-10-8-15-36(38)21-23-43(46)64-31-44(58)55-39(18-11-12-26-51)47(59)56-40(19-13-27-54-50(52)53)48(60)57-41(30-34(5)6)49(61)63-29-25-33(3)4;;/h7-10,14-17,20-23,32-34,39-41H,11-13,18-19,24-31,51H2,1-6H3,(H,55,58)(H,56,59)(H,57,60)(H4,52,53,54);2*1H/t39-,40-,41+;;/m0../s1. The average Bonchev–Trinajstić information content (AvgIpc) is 3.25. The van der Waals surface area contributed by atoms with E-state index in [1.54, 1.807) is 0 Å². The fraction of sp³-hybridized carbons (Fsp3) is 0.500. The Hall–Kier alpha value is -5.31. The van der Waals surface area contributed by atoms with E-state index < -0.39 is 48.4 Å². The first-order valence-electron chi connectivity index (χ1n) is 22.8. The third-order valence-corrected chi connectivity index (χ3v) is 10.8. The van der Waals surface area contributed by atoms with Crippen molar-refractivity contribution in [1.29, 1.82) is 0 Å². The Balaban J connectivity index is 0.00000748. The van der Waals surface area contributed by atoms with Crippen molar-refractivity contribution in [2.24, 2.45) is 39.9 Å². The monoisotopic (exact) mass is 953 g/mol. The number of hydrogen-bond donors (Lipinski definition) is 6. The summed E-state index contributed by atoms with van der Waals surface area (Å²) >= 11 is 0. The molecule has 16 heteroatoms. The molecule has 0 saturated carbocycles. The van der Waals surface area contributed by atoms with Crippen LogP contribution in [0.1, 0.15) is 92.9 Å². The van der Waals surface area contributed by atoms with E-state index in [0.29, 0.717) is 68.6 Å². The molecular formula is C50H73Cl2N7O7. The SMILES string of the molecule is CC(C)CCOC(=O)[C@@H](CC(C)C)NC(=O)[C@H](CCCN=C(N)N)NC(=O)[C@H](CCCCN)NC(=O)COc1ccc2ccccc2c1-c1c(OCCC(C)C)ccc2ccccc12.Cl.Cl. The van der Waals surface area contributed by atoms with Crippen LogP contribution in [0, 0.1) is 17.8 Å². The van der Waals surface area contributed by atoms with Gasteiger partial charge in [0.1, 0.15) is 29.6 Å². The third-order valence-electron chi connectivity index (χ3n) is 10.8. The molecule has 0 aliphatic heterocycles. The summed E-state index contributed by atoms with van der Waals surface area (Å²) in [4.78, 5) is 59.1. The zero-order valence-electron chi connectivity index (χ0n) is 39.4. The second kappa shape index (κ2) is 29.4. The molecule has 4 aromatic rings. The van der Waals surface area contributed by atoms with E-state index >= 15 is 0 Å². The number of rotatable bonds is 27. The van der Waals surface area contributed by atoms with E-state index in [1.807, 2.05) is 88.4 Å². The minimum absolute atomic E-state index is 0. The number of hydrogen-bond acceptors (Lipinski definition) is 9. The maximum Gasteiger partial charge on any atom is 0.328 e. The molecule has 3 atom stereocenters. The highest BCUT2D eigenvalue weighted by molar-refractivity contribution is 6.10. The van der Waals surface area contributed by atoms with Crippen molar-refractivity contribution >= 4 is 76.0 Å². The number of guanidine groups is 1. The molecule has 0 aromatic heterocycles. The first-order valence-corrected chi connectivity index (χ1v) is 22.8. The Labute approximate surface area is 403 Å². The molecule has 3 amide bonds. The molecule has 0 aliphatic rings. The predicted molar refractivity (Wildman–Crippen MR) is 270 cm³/mol. The molecule has 14 nitrogen and oxygen atoms in total. The van der Waals surface area contributed by atoms with Crippen LogP contribution in [-0.2, 0) is 23.9 Å². The maximum absolute atomic E-state index is 14.1. The number of halogens is 2. The van der Waals surface area contributed by atoms with Gasteiger partial charge in [0.2, 0.25) is 11.8 Å². The van der Waals surface area contributed by atoms with Gasteiger partial charge in [0, 0.05) is 17.7 Å². The van der Waals surface area contributed by atoms with Crippen molar-refractivity contribution in [2.45, 2.75) is 111 Å². The van der Waals surface area contributed by atoms with E-state index in [-0.39, 0.29) is 62.7 Å². The van der Waals surface area contributed by atoms with Gasteiger partial charge < -0.3 is 47.4 Å². The van der Waals surface area contributed by atoms with Crippen LogP contribution >= 0.6 is 24.8 Å². The van der Waals surface area contributed by atoms with Gasteiger partial charge in [-0.15, -0.1) is 24.8 Å². The predicted octanol–water partition coefficient (Wildman–Crippen LogP) is 7.58. The molecule has 0 saturated heterocycles. The Kier molecular flexibility index (Phi) is 25.3. The zero-order valence-corrected chi connectivity index (χ0v) is 41.1. The van der Waals surface area contributed by atoms with Gasteiger partial charge in [0.25, 0.3) is 5.91 Å². The maximum atomic E-state index is 14.1. The molecule has 0 bridgehead atoms. The number of nitrogens with zero attached hydrogens (tertiary/aromatic N) is 1.